The Morgan fingerprint density at radius 1 is 1.30 bits per heavy atom. The molecule has 1 aliphatic carbocycles. The number of hydrogen-bond acceptors (Lipinski definition) is 4. The van der Waals surface area contributed by atoms with Crippen LogP contribution in [0.25, 0.3) is 10.6 Å². The van der Waals surface area contributed by atoms with Gasteiger partial charge in [-0.3, -0.25) is 9.59 Å². The van der Waals surface area contributed by atoms with Gasteiger partial charge in [-0.05, 0) is 37.3 Å². The molecule has 2 aromatic heterocycles. The topological polar surface area (TPSA) is 64.0 Å². The average molecular weight is 331 g/mol. The summed E-state index contributed by atoms with van der Waals surface area (Å²) in [4.78, 5) is 25.5. The van der Waals surface area contributed by atoms with Gasteiger partial charge in [-0.2, -0.15) is 5.10 Å². The molecule has 23 heavy (non-hydrogen) atoms. The van der Waals surface area contributed by atoms with Crippen molar-refractivity contribution in [1.82, 2.24) is 15.1 Å². The Bertz CT molecular complexity index is 718. The minimum atomic E-state index is -0.607. The maximum Gasteiger partial charge on any atom is 0.267 e. The first-order valence-electron chi connectivity index (χ1n) is 8.09. The van der Waals surface area contributed by atoms with Gasteiger partial charge in [-0.1, -0.05) is 25.3 Å². The van der Waals surface area contributed by atoms with E-state index in [9.17, 15) is 9.59 Å². The molecule has 1 aliphatic rings. The van der Waals surface area contributed by atoms with Gasteiger partial charge in [0.25, 0.3) is 5.56 Å². The smallest absolute Gasteiger partial charge is 0.267 e. The van der Waals surface area contributed by atoms with Crippen molar-refractivity contribution in [2.24, 2.45) is 0 Å². The number of hydrogen-bond donors (Lipinski definition) is 1. The van der Waals surface area contributed by atoms with Gasteiger partial charge in [0.2, 0.25) is 5.91 Å². The van der Waals surface area contributed by atoms with Crippen LogP contribution in [0.4, 0.5) is 0 Å². The number of nitrogens with one attached hydrogen (secondary N) is 1. The van der Waals surface area contributed by atoms with Gasteiger partial charge >= 0.3 is 0 Å². The Kier molecular flexibility index (Phi) is 4.91. The van der Waals surface area contributed by atoms with E-state index in [1.54, 1.807) is 24.3 Å². The zero-order valence-corrected chi connectivity index (χ0v) is 14.0. The first-order chi connectivity index (χ1) is 11.1. The third kappa shape index (κ3) is 3.69. The van der Waals surface area contributed by atoms with Crippen molar-refractivity contribution < 1.29 is 4.79 Å². The van der Waals surface area contributed by atoms with Gasteiger partial charge in [-0.15, -0.1) is 11.3 Å². The van der Waals surface area contributed by atoms with Crippen LogP contribution in [0.3, 0.4) is 0 Å². The summed E-state index contributed by atoms with van der Waals surface area (Å²) in [6, 6.07) is 6.70. The van der Waals surface area contributed by atoms with Crippen LogP contribution in [0.5, 0.6) is 0 Å². The van der Waals surface area contributed by atoms with Crippen molar-refractivity contribution in [3.63, 3.8) is 0 Å². The third-order valence-electron chi connectivity index (χ3n) is 4.30. The predicted octanol–water partition coefficient (Wildman–Crippen LogP) is 2.98. The Hall–Kier alpha value is -1.95. The molecule has 5 nitrogen and oxygen atoms in total. The quantitative estimate of drug-likeness (QED) is 0.937. The standard InChI is InChI=1S/C17H21N3O2S/c1-12(17(22)18-13-6-3-2-4-7-13)20-16(21)10-9-14(19-20)15-8-5-11-23-15/h5,8-13H,2-4,6-7H2,1H3,(H,18,22). The summed E-state index contributed by atoms with van der Waals surface area (Å²) >= 11 is 1.56. The van der Waals surface area contributed by atoms with Crippen LogP contribution in [0.15, 0.2) is 34.4 Å². The van der Waals surface area contributed by atoms with Crippen LogP contribution < -0.4 is 10.9 Å². The molecule has 6 heteroatoms. The first-order valence-corrected chi connectivity index (χ1v) is 8.97. The summed E-state index contributed by atoms with van der Waals surface area (Å²) in [7, 11) is 0. The number of amides is 1. The van der Waals surface area contributed by atoms with Crippen LogP contribution >= 0.6 is 11.3 Å². The molecule has 1 fully saturated rings. The van der Waals surface area contributed by atoms with Crippen LogP contribution in [-0.4, -0.2) is 21.7 Å². The highest BCUT2D eigenvalue weighted by atomic mass is 32.1. The molecule has 3 rings (SSSR count). The van der Waals surface area contributed by atoms with E-state index in [0.29, 0.717) is 0 Å². The molecular weight excluding hydrogens is 310 g/mol. The molecule has 2 heterocycles. The maximum atomic E-state index is 12.5. The van der Waals surface area contributed by atoms with Gasteiger partial charge in [0.1, 0.15) is 11.7 Å². The normalized spacial score (nSPS) is 16.9. The number of rotatable bonds is 4. The molecular formula is C17H21N3O2S. The number of carbonyl (C=O) groups excluding carboxylic acids is 1. The van der Waals surface area contributed by atoms with Crippen molar-refractivity contribution in [2.75, 3.05) is 0 Å². The van der Waals surface area contributed by atoms with E-state index in [0.717, 1.165) is 36.3 Å². The van der Waals surface area contributed by atoms with Crippen molar-refractivity contribution in [3.05, 3.63) is 40.0 Å². The minimum absolute atomic E-state index is 0.130. The number of nitrogens with zero attached hydrogens (tertiary/aromatic N) is 2. The van der Waals surface area contributed by atoms with Gasteiger partial charge in [0.05, 0.1) is 4.88 Å². The molecule has 1 atom stereocenters. The van der Waals surface area contributed by atoms with E-state index in [1.165, 1.54) is 17.2 Å². The average Bonchev–Trinajstić information content (AvgIpc) is 3.10. The number of carbonyl (C=O) groups is 1. The summed E-state index contributed by atoms with van der Waals surface area (Å²) < 4.78 is 1.28. The van der Waals surface area contributed by atoms with Crippen molar-refractivity contribution in [2.45, 2.75) is 51.1 Å². The third-order valence-corrected chi connectivity index (χ3v) is 5.19. The lowest BCUT2D eigenvalue weighted by molar-refractivity contribution is -0.125. The molecule has 122 valence electrons. The van der Waals surface area contributed by atoms with Crippen LogP contribution in [0, 0.1) is 0 Å². The van der Waals surface area contributed by atoms with E-state index in [1.807, 2.05) is 17.5 Å². The molecule has 1 amide bonds. The van der Waals surface area contributed by atoms with Gasteiger partial charge in [0.15, 0.2) is 0 Å². The first kappa shape index (κ1) is 15.9. The Morgan fingerprint density at radius 2 is 2.09 bits per heavy atom. The number of aromatic nitrogens is 2. The summed E-state index contributed by atoms with van der Waals surface area (Å²) in [6.07, 6.45) is 5.61. The zero-order valence-electron chi connectivity index (χ0n) is 13.2. The van der Waals surface area contributed by atoms with Crippen LogP contribution in [0.1, 0.15) is 45.1 Å². The second-order valence-electron chi connectivity index (χ2n) is 6.00. The largest absolute Gasteiger partial charge is 0.352 e. The van der Waals surface area contributed by atoms with Crippen molar-refractivity contribution in [1.29, 1.82) is 0 Å². The SMILES string of the molecule is CC(C(=O)NC1CCCCC1)n1nc(-c2cccs2)ccc1=O. The highest BCUT2D eigenvalue weighted by molar-refractivity contribution is 7.13. The summed E-state index contributed by atoms with van der Waals surface area (Å²) in [5, 5.41) is 9.41. The molecule has 1 N–H and O–H groups in total. The van der Waals surface area contributed by atoms with Gasteiger partial charge < -0.3 is 5.32 Å². The molecule has 2 aromatic rings. The maximum absolute atomic E-state index is 12.5. The lowest BCUT2D eigenvalue weighted by Gasteiger charge is -2.24. The van der Waals surface area contributed by atoms with E-state index < -0.39 is 6.04 Å². The van der Waals surface area contributed by atoms with E-state index in [-0.39, 0.29) is 17.5 Å². The summed E-state index contributed by atoms with van der Waals surface area (Å²) in [5.74, 6) is -0.130. The fourth-order valence-corrected chi connectivity index (χ4v) is 3.63. The zero-order chi connectivity index (χ0) is 16.2. The lowest BCUT2D eigenvalue weighted by Crippen LogP contribution is -2.42. The number of thiophene rings is 1. The predicted molar refractivity (Wildman–Crippen MR) is 91.5 cm³/mol. The van der Waals surface area contributed by atoms with Crippen LogP contribution in [-0.2, 0) is 4.79 Å². The molecule has 0 saturated heterocycles. The fourth-order valence-electron chi connectivity index (χ4n) is 2.94. The second kappa shape index (κ2) is 7.08. The minimum Gasteiger partial charge on any atom is -0.352 e. The molecule has 0 aliphatic heterocycles. The van der Waals surface area contributed by atoms with Gasteiger partial charge in [-0.25, -0.2) is 4.68 Å². The second-order valence-corrected chi connectivity index (χ2v) is 6.95. The fraction of sp³-hybridized carbons (Fsp3) is 0.471. The lowest BCUT2D eigenvalue weighted by atomic mass is 9.95. The Labute approximate surface area is 139 Å². The van der Waals surface area contributed by atoms with E-state index in [4.69, 9.17) is 0 Å². The highest BCUT2D eigenvalue weighted by Crippen LogP contribution is 2.22. The summed E-state index contributed by atoms with van der Waals surface area (Å²) in [5.41, 5.74) is 0.466. The molecule has 0 spiro atoms. The van der Waals surface area contributed by atoms with Crippen LogP contribution in [0.2, 0.25) is 0 Å². The molecule has 1 saturated carbocycles. The Balaban J connectivity index is 1.78. The molecule has 0 radical (unpaired) electrons. The van der Waals surface area contributed by atoms with E-state index >= 15 is 0 Å². The summed E-state index contributed by atoms with van der Waals surface area (Å²) in [6.45, 7) is 1.73. The monoisotopic (exact) mass is 331 g/mol. The molecule has 0 aromatic carbocycles. The van der Waals surface area contributed by atoms with Crippen molar-refractivity contribution in [3.8, 4) is 10.6 Å². The Morgan fingerprint density at radius 3 is 2.78 bits per heavy atom. The molecule has 0 bridgehead atoms. The van der Waals surface area contributed by atoms with E-state index in [2.05, 4.69) is 10.4 Å². The highest BCUT2D eigenvalue weighted by Gasteiger charge is 2.22. The van der Waals surface area contributed by atoms with Crippen molar-refractivity contribution >= 4 is 17.2 Å². The van der Waals surface area contributed by atoms with Gasteiger partial charge in [0, 0.05) is 12.1 Å². The molecule has 1 unspecified atom stereocenters.